The molecule has 2 N–H and O–H groups in total. The van der Waals surface area contributed by atoms with Crippen LogP contribution in [0.5, 0.6) is 0 Å². The summed E-state index contributed by atoms with van der Waals surface area (Å²) in [6, 6.07) is 13.5. The molecule has 34 heavy (non-hydrogen) atoms. The first-order chi connectivity index (χ1) is 16.4. The minimum Gasteiger partial charge on any atom is -0.343 e. The van der Waals surface area contributed by atoms with Crippen molar-refractivity contribution in [2.45, 2.75) is 36.1 Å². The van der Waals surface area contributed by atoms with E-state index in [1.807, 2.05) is 18.2 Å². The second-order valence-corrected chi connectivity index (χ2v) is 9.47. The summed E-state index contributed by atoms with van der Waals surface area (Å²) < 4.78 is 0. The van der Waals surface area contributed by atoms with Gasteiger partial charge in [-0.05, 0) is 30.0 Å². The maximum Gasteiger partial charge on any atom is 0.269 e. The molecule has 3 aromatic rings. The maximum absolute atomic E-state index is 13.3. The van der Waals surface area contributed by atoms with Crippen molar-refractivity contribution in [3.05, 3.63) is 102 Å². The number of nitro benzene ring substituents is 1. The lowest BCUT2D eigenvalue weighted by Crippen LogP contribution is -2.32. The van der Waals surface area contributed by atoms with Crippen LogP contribution >= 0.6 is 23.4 Å². The van der Waals surface area contributed by atoms with E-state index in [1.165, 1.54) is 23.9 Å². The number of carbonyl (C=O) groups excluding carboxylic acids is 1. The molecule has 172 valence electrons. The Morgan fingerprint density at radius 3 is 2.62 bits per heavy atom. The first-order valence-electron chi connectivity index (χ1n) is 10.7. The van der Waals surface area contributed by atoms with Crippen molar-refractivity contribution in [1.82, 2.24) is 9.97 Å². The maximum atomic E-state index is 13.3. The molecule has 10 heteroatoms. The number of halogens is 1. The second-order valence-electron chi connectivity index (χ2n) is 8.09. The number of hydrogen-bond donors (Lipinski definition) is 2. The van der Waals surface area contributed by atoms with Crippen LogP contribution in [0.3, 0.4) is 0 Å². The number of fused-ring (bicyclic) bond motifs is 1. The Balaban J connectivity index is 1.51. The fourth-order valence-electron chi connectivity index (χ4n) is 4.39. The molecule has 2 aromatic carbocycles. The highest BCUT2D eigenvalue weighted by molar-refractivity contribution is 7.98. The smallest absolute Gasteiger partial charge is 0.269 e. The number of nitrogens with zero attached hydrogens (tertiary/aromatic N) is 2. The molecule has 1 unspecified atom stereocenters. The Morgan fingerprint density at radius 1 is 1.12 bits per heavy atom. The van der Waals surface area contributed by atoms with E-state index >= 15 is 0 Å². The van der Waals surface area contributed by atoms with Gasteiger partial charge >= 0.3 is 0 Å². The number of carbonyl (C=O) groups is 1. The zero-order valence-corrected chi connectivity index (χ0v) is 19.4. The van der Waals surface area contributed by atoms with Gasteiger partial charge in [0.1, 0.15) is 5.82 Å². The Bertz CT molecular complexity index is 1400. The lowest BCUT2D eigenvalue weighted by atomic mass is 9.76. The Labute approximate surface area is 203 Å². The summed E-state index contributed by atoms with van der Waals surface area (Å²) >= 11 is 7.82. The molecular formula is C24H19ClN4O4S. The molecule has 5 rings (SSSR count). The molecule has 0 radical (unpaired) electrons. The van der Waals surface area contributed by atoms with E-state index in [-0.39, 0.29) is 17.0 Å². The molecule has 0 bridgehead atoms. The fourth-order valence-corrected chi connectivity index (χ4v) is 5.46. The fraction of sp³-hybridized carbons (Fsp3) is 0.208. The second kappa shape index (κ2) is 9.08. The van der Waals surface area contributed by atoms with Gasteiger partial charge in [0.05, 0.1) is 10.5 Å². The van der Waals surface area contributed by atoms with Crippen LogP contribution in [0.4, 0.5) is 11.5 Å². The van der Waals surface area contributed by atoms with E-state index in [4.69, 9.17) is 11.6 Å². The van der Waals surface area contributed by atoms with Gasteiger partial charge in [-0.25, -0.2) is 4.98 Å². The van der Waals surface area contributed by atoms with Gasteiger partial charge in [0.2, 0.25) is 0 Å². The highest BCUT2D eigenvalue weighted by Gasteiger charge is 2.38. The number of ketones is 1. The summed E-state index contributed by atoms with van der Waals surface area (Å²) in [5.41, 5.74) is 3.01. The lowest BCUT2D eigenvalue weighted by molar-refractivity contribution is -0.384. The third-order valence-electron chi connectivity index (χ3n) is 5.98. The predicted molar refractivity (Wildman–Crippen MR) is 130 cm³/mol. The zero-order valence-electron chi connectivity index (χ0n) is 17.8. The number of H-pyrrole nitrogens is 1. The molecule has 0 saturated carbocycles. The first-order valence-corrected chi connectivity index (χ1v) is 12.1. The van der Waals surface area contributed by atoms with E-state index in [9.17, 15) is 19.7 Å². The number of rotatable bonds is 5. The minimum absolute atomic E-state index is 0.0142. The third-order valence-corrected chi connectivity index (χ3v) is 7.26. The normalized spacial score (nSPS) is 17.1. The SMILES string of the molecule is O=C1CCCC2=C1C(c1ccccc1Cl)c1c(nc(SCc3ccc([N+](=O)[O-])cc3)[nH]c1=O)N2. The van der Waals surface area contributed by atoms with Crippen molar-refractivity contribution in [2.24, 2.45) is 0 Å². The number of Topliss-reactive ketones (excluding diaryl/α,β-unsaturated/α-hetero) is 1. The van der Waals surface area contributed by atoms with Crippen LogP contribution in [0.25, 0.3) is 0 Å². The van der Waals surface area contributed by atoms with Crippen molar-refractivity contribution in [1.29, 1.82) is 0 Å². The number of hydrogen-bond acceptors (Lipinski definition) is 7. The van der Waals surface area contributed by atoms with Crippen LogP contribution in [0.15, 0.2) is 69.8 Å². The Morgan fingerprint density at radius 2 is 1.88 bits per heavy atom. The van der Waals surface area contributed by atoms with Gasteiger partial charge in [0, 0.05) is 46.5 Å². The molecule has 0 saturated heterocycles. The number of thioether (sulfide) groups is 1. The van der Waals surface area contributed by atoms with Crippen molar-refractivity contribution in [3.63, 3.8) is 0 Å². The van der Waals surface area contributed by atoms with Crippen LogP contribution in [0.2, 0.25) is 5.02 Å². The topological polar surface area (TPSA) is 118 Å². The van der Waals surface area contributed by atoms with Crippen molar-refractivity contribution < 1.29 is 9.72 Å². The van der Waals surface area contributed by atoms with Gasteiger partial charge in [0.25, 0.3) is 11.2 Å². The molecule has 0 amide bonds. The molecule has 0 spiro atoms. The number of aromatic nitrogens is 2. The van der Waals surface area contributed by atoms with E-state index in [1.54, 1.807) is 18.2 Å². The summed E-state index contributed by atoms with van der Waals surface area (Å²) in [5, 5.41) is 15.0. The summed E-state index contributed by atoms with van der Waals surface area (Å²) in [6.07, 6.45) is 1.87. The number of non-ortho nitro benzene ring substituents is 1. The highest BCUT2D eigenvalue weighted by atomic mass is 35.5. The van der Waals surface area contributed by atoms with Crippen molar-refractivity contribution >= 4 is 40.7 Å². The Kier molecular flexibility index (Phi) is 5.97. The van der Waals surface area contributed by atoms with Crippen LogP contribution in [0, 0.1) is 10.1 Å². The molecule has 2 heterocycles. The molecule has 1 aromatic heterocycles. The van der Waals surface area contributed by atoms with Crippen LogP contribution in [-0.4, -0.2) is 20.7 Å². The molecule has 1 atom stereocenters. The lowest BCUT2D eigenvalue weighted by Gasteiger charge is -2.33. The van der Waals surface area contributed by atoms with Gasteiger partial charge in [-0.3, -0.25) is 19.7 Å². The number of anilines is 1. The molecule has 0 fully saturated rings. The number of aromatic amines is 1. The molecule has 1 aliphatic carbocycles. The third kappa shape index (κ3) is 4.12. The van der Waals surface area contributed by atoms with Gasteiger partial charge in [-0.15, -0.1) is 0 Å². The summed E-state index contributed by atoms with van der Waals surface area (Å²) in [6.45, 7) is 0. The zero-order chi connectivity index (χ0) is 23.8. The predicted octanol–water partition coefficient (Wildman–Crippen LogP) is 5.19. The van der Waals surface area contributed by atoms with Gasteiger partial charge in [-0.1, -0.05) is 53.7 Å². The molecule has 8 nitrogen and oxygen atoms in total. The van der Waals surface area contributed by atoms with E-state index < -0.39 is 10.8 Å². The molecular weight excluding hydrogens is 476 g/mol. The Hall–Kier alpha value is -3.43. The van der Waals surface area contributed by atoms with Crippen molar-refractivity contribution in [2.75, 3.05) is 5.32 Å². The van der Waals surface area contributed by atoms with Gasteiger partial charge < -0.3 is 10.3 Å². The average molecular weight is 495 g/mol. The summed E-state index contributed by atoms with van der Waals surface area (Å²) in [7, 11) is 0. The number of benzene rings is 2. The largest absolute Gasteiger partial charge is 0.343 e. The van der Waals surface area contributed by atoms with Crippen molar-refractivity contribution in [3.8, 4) is 0 Å². The average Bonchev–Trinajstić information content (AvgIpc) is 2.82. The quantitative estimate of drug-likeness (QED) is 0.217. The summed E-state index contributed by atoms with van der Waals surface area (Å²) in [4.78, 5) is 44.1. The van der Waals surface area contributed by atoms with E-state index in [2.05, 4.69) is 15.3 Å². The number of nitro groups is 1. The van der Waals surface area contributed by atoms with E-state index in [0.717, 1.165) is 17.7 Å². The molecule has 1 aliphatic heterocycles. The number of nitrogens with one attached hydrogen (secondary N) is 2. The first kappa shape index (κ1) is 22.4. The van der Waals surface area contributed by atoms with Gasteiger partial charge in [-0.2, -0.15) is 0 Å². The standard InChI is InChI=1S/C24H19ClN4O4S/c25-16-5-2-1-4-15(16)19-20-17(6-3-7-18(20)30)26-22-21(19)23(31)28-24(27-22)34-12-13-8-10-14(11-9-13)29(32)33/h1-2,4-5,8-11,19H,3,6-7,12H2,(H2,26,27,28,31). The minimum atomic E-state index is -0.585. The monoisotopic (exact) mass is 494 g/mol. The van der Waals surface area contributed by atoms with Crippen LogP contribution < -0.4 is 10.9 Å². The highest BCUT2D eigenvalue weighted by Crippen LogP contribution is 2.45. The van der Waals surface area contributed by atoms with E-state index in [0.29, 0.717) is 51.3 Å². The summed E-state index contributed by atoms with van der Waals surface area (Å²) in [5.74, 6) is 0.325. The van der Waals surface area contributed by atoms with Crippen LogP contribution in [-0.2, 0) is 10.5 Å². The van der Waals surface area contributed by atoms with Gasteiger partial charge in [0.15, 0.2) is 10.9 Å². The number of allylic oxidation sites excluding steroid dienone is 2. The van der Waals surface area contributed by atoms with Crippen LogP contribution in [0.1, 0.15) is 41.9 Å². The molecule has 2 aliphatic rings.